The molecule has 10 atom stereocenters. The van der Waals surface area contributed by atoms with Crippen molar-refractivity contribution in [3.05, 3.63) is 0 Å². The van der Waals surface area contributed by atoms with Crippen molar-refractivity contribution in [2.75, 3.05) is 26.2 Å². The number of primary amides is 1. The number of β-amino-alcohol motifs (C(OH)–C–C–N with tert-alkyl or cyclic N) is 1. The predicted octanol–water partition coefficient (Wildman–Crippen LogP) is -6.14. The van der Waals surface area contributed by atoms with E-state index >= 15 is 0 Å². The number of aliphatic hydroxyl groups excluding tert-OH is 3. The second kappa shape index (κ2) is 16.7. The molecule has 0 aromatic carbocycles. The highest BCUT2D eigenvalue weighted by molar-refractivity contribution is 5.92. The molecule has 0 aromatic rings. The molecular formula is C25H46N10O9. The Morgan fingerprint density at radius 2 is 1.80 bits per heavy atom. The number of piperidine rings is 1. The highest BCUT2D eigenvalue weighted by Gasteiger charge is 2.49. The normalized spacial score (nSPS) is 31.0. The minimum atomic E-state index is -1.60. The average molecular weight is 631 g/mol. The summed E-state index contributed by atoms with van der Waals surface area (Å²) in [6.07, 6.45) is -5.37. The summed E-state index contributed by atoms with van der Waals surface area (Å²) in [5.41, 5.74) is 22.6. The number of amides is 4. The van der Waals surface area contributed by atoms with E-state index in [4.69, 9.17) is 32.4 Å². The molecule has 16 N–H and O–H groups in total. The van der Waals surface area contributed by atoms with E-state index in [0.29, 0.717) is 32.4 Å². The van der Waals surface area contributed by atoms with Gasteiger partial charge in [-0.3, -0.25) is 14.4 Å². The van der Waals surface area contributed by atoms with Crippen molar-refractivity contribution < 1.29 is 44.0 Å². The third-order valence-corrected chi connectivity index (χ3v) is 7.59. The molecule has 250 valence electrons. The maximum absolute atomic E-state index is 13.0. The molecule has 19 nitrogen and oxygen atoms in total. The van der Waals surface area contributed by atoms with Crippen molar-refractivity contribution >= 4 is 29.8 Å². The van der Waals surface area contributed by atoms with E-state index in [1.54, 1.807) is 0 Å². The summed E-state index contributed by atoms with van der Waals surface area (Å²) < 4.78 is 10.8. The van der Waals surface area contributed by atoms with Crippen LogP contribution in [0.3, 0.4) is 0 Å². The molecule has 2 unspecified atom stereocenters. The maximum atomic E-state index is 13.0. The third kappa shape index (κ3) is 9.84. The number of rotatable bonds is 15. The molecule has 4 amide bonds. The number of hydrogen-bond acceptors (Lipinski definition) is 15. The number of hydrogen-bond donors (Lipinski definition) is 12. The Bertz CT molecular complexity index is 1040. The Morgan fingerprint density at radius 1 is 1.11 bits per heavy atom. The smallest absolute Gasteiger partial charge is 0.404 e. The van der Waals surface area contributed by atoms with Crippen LogP contribution in [0, 0.1) is 0 Å². The molecule has 0 spiro atoms. The van der Waals surface area contributed by atoms with Gasteiger partial charge in [-0.25, -0.2) is 9.79 Å². The lowest BCUT2D eigenvalue weighted by Crippen LogP contribution is -2.70. The largest absolute Gasteiger partial charge is 0.441 e. The lowest BCUT2D eigenvalue weighted by Gasteiger charge is -2.44. The average Bonchev–Trinajstić information content (AvgIpc) is 3.40. The molecule has 19 heteroatoms. The van der Waals surface area contributed by atoms with Gasteiger partial charge in [0.25, 0.3) is 0 Å². The highest BCUT2D eigenvalue weighted by Crippen LogP contribution is 2.24. The van der Waals surface area contributed by atoms with E-state index < -0.39 is 79.3 Å². The minimum Gasteiger partial charge on any atom is -0.441 e. The summed E-state index contributed by atoms with van der Waals surface area (Å²) >= 11 is 0. The molecule has 0 saturated carbocycles. The van der Waals surface area contributed by atoms with Crippen LogP contribution in [0.2, 0.25) is 0 Å². The van der Waals surface area contributed by atoms with E-state index in [1.807, 2.05) is 0 Å². The number of fused-ring (bicyclic) bond motifs is 1. The number of nitrogens with two attached hydrogens (primary N) is 4. The first kappa shape index (κ1) is 35.2. The molecule has 3 heterocycles. The van der Waals surface area contributed by atoms with Gasteiger partial charge in [0, 0.05) is 38.0 Å². The van der Waals surface area contributed by atoms with Crippen LogP contribution in [0.25, 0.3) is 0 Å². The number of aliphatic imine (C=N–C) groups is 1. The van der Waals surface area contributed by atoms with Crippen molar-refractivity contribution in [2.24, 2.45) is 27.9 Å². The van der Waals surface area contributed by atoms with Crippen molar-refractivity contribution in [1.82, 2.24) is 26.6 Å². The van der Waals surface area contributed by atoms with Gasteiger partial charge in [-0.15, -0.1) is 0 Å². The van der Waals surface area contributed by atoms with Crippen molar-refractivity contribution in [3.63, 3.8) is 0 Å². The Balaban J connectivity index is 1.57. The zero-order valence-corrected chi connectivity index (χ0v) is 24.4. The number of nitrogens with one attached hydrogen (secondary N) is 5. The zero-order valence-electron chi connectivity index (χ0n) is 24.4. The first-order chi connectivity index (χ1) is 20.9. The van der Waals surface area contributed by atoms with Crippen LogP contribution in [-0.2, 0) is 23.9 Å². The van der Waals surface area contributed by atoms with Gasteiger partial charge < -0.3 is 74.3 Å². The molecule has 3 rings (SSSR count). The monoisotopic (exact) mass is 630 g/mol. The predicted molar refractivity (Wildman–Crippen MR) is 154 cm³/mol. The van der Waals surface area contributed by atoms with Crippen LogP contribution in [-0.4, -0.2) is 132 Å². The standard InChI is InChI=1S/C25H46N10O9/c26-5-1-3-11(27)7-15(38)30-6-2-4-12(28)8-16(39)32-19-20(40)21(44-24(29)42)14(10-36)43-23(19)35-25-33-17-13(37)9-31-22(41)18(17)34-25/h11-14,17-21,23,36-37,40H,1-10,26-28H2,(H2,29,42)(H,30,38)(H,31,41)(H,32,39)(H2,33,34,35)/t11?,12?,13-,14-,17-,18+,19-,20+,21+,23-/m1/s1. The fourth-order valence-corrected chi connectivity index (χ4v) is 5.31. The van der Waals surface area contributed by atoms with Crippen molar-refractivity contribution in [3.8, 4) is 0 Å². The van der Waals surface area contributed by atoms with E-state index in [2.05, 4.69) is 31.6 Å². The zero-order chi connectivity index (χ0) is 32.4. The van der Waals surface area contributed by atoms with Gasteiger partial charge in [0.2, 0.25) is 17.7 Å². The second-order valence-corrected chi connectivity index (χ2v) is 11.2. The molecule has 3 aliphatic heterocycles. The second-order valence-electron chi connectivity index (χ2n) is 11.2. The molecule has 0 aliphatic carbocycles. The van der Waals surface area contributed by atoms with Crippen LogP contribution in [0.1, 0.15) is 38.5 Å². The summed E-state index contributed by atoms with van der Waals surface area (Å²) in [6.45, 7) is 0.203. The van der Waals surface area contributed by atoms with Gasteiger partial charge in [-0.2, -0.15) is 0 Å². The van der Waals surface area contributed by atoms with Gasteiger partial charge >= 0.3 is 6.09 Å². The maximum Gasteiger partial charge on any atom is 0.404 e. The molecule has 3 aliphatic rings. The SMILES string of the molecule is NCCCC(N)CC(=O)NCCCC(N)CC(=O)N[C@@H]1[C@H](O)[C@@H](OC(N)=O)[C@@H](CO)O[C@H]1NC1=N[C@@H]2C(=O)NC[C@@H](O)[C@H]2N1. The number of carbonyl (C=O) groups is 4. The number of nitrogens with zero attached hydrogens (tertiary/aromatic N) is 1. The number of carbonyl (C=O) groups excluding carboxylic acids is 4. The first-order valence-corrected chi connectivity index (χ1v) is 14.7. The van der Waals surface area contributed by atoms with Gasteiger partial charge in [-0.1, -0.05) is 0 Å². The highest BCUT2D eigenvalue weighted by atomic mass is 16.6. The fraction of sp³-hybridized carbons (Fsp3) is 0.800. The Kier molecular flexibility index (Phi) is 13.3. The summed E-state index contributed by atoms with van der Waals surface area (Å²) in [6, 6.07) is -3.79. The molecule has 0 aromatic heterocycles. The van der Waals surface area contributed by atoms with Gasteiger partial charge in [0.1, 0.15) is 18.2 Å². The van der Waals surface area contributed by atoms with E-state index in [9.17, 15) is 34.5 Å². The summed E-state index contributed by atoms with van der Waals surface area (Å²) in [5, 5.41) is 44.9. The first-order valence-electron chi connectivity index (χ1n) is 14.7. The minimum absolute atomic E-state index is 0.0296. The van der Waals surface area contributed by atoms with Gasteiger partial charge in [0.15, 0.2) is 24.3 Å². The van der Waals surface area contributed by atoms with Gasteiger partial charge in [0.05, 0.1) is 18.8 Å². The Labute approximate surface area is 254 Å². The molecular weight excluding hydrogens is 584 g/mol. The molecule has 44 heavy (non-hydrogen) atoms. The number of guanidine groups is 1. The molecule has 0 bridgehead atoms. The summed E-state index contributed by atoms with van der Waals surface area (Å²) in [4.78, 5) is 52.9. The molecule has 0 radical (unpaired) electrons. The van der Waals surface area contributed by atoms with Crippen LogP contribution in [0.5, 0.6) is 0 Å². The summed E-state index contributed by atoms with van der Waals surface area (Å²) in [5.74, 6) is -1.12. The van der Waals surface area contributed by atoms with Crippen molar-refractivity contribution in [2.45, 2.75) is 99.4 Å². The van der Waals surface area contributed by atoms with Crippen LogP contribution >= 0.6 is 0 Å². The molecule has 2 fully saturated rings. The number of ether oxygens (including phenoxy) is 2. The molecule has 2 saturated heterocycles. The van der Waals surface area contributed by atoms with E-state index in [0.717, 1.165) is 6.42 Å². The van der Waals surface area contributed by atoms with E-state index in [-0.39, 0.29) is 37.3 Å². The third-order valence-electron chi connectivity index (χ3n) is 7.59. The summed E-state index contributed by atoms with van der Waals surface area (Å²) in [7, 11) is 0. The van der Waals surface area contributed by atoms with E-state index in [1.165, 1.54) is 0 Å². The lowest BCUT2D eigenvalue weighted by molar-refractivity contribution is -0.198. The Morgan fingerprint density at radius 3 is 2.43 bits per heavy atom. The van der Waals surface area contributed by atoms with Gasteiger partial charge in [-0.05, 0) is 32.2 Å². The van der Waals surface area contributed by atoms with Crippen LogP contribution in [0.15, 0.2) is 4.99 Å². The Hall–Kier alpha value is -3.33. The topological polar surface area (TPSA) is 324 Å². The fourth-order valence-electron chi connectivity index (χ4n) is 5.31. The lowest BCUT2D eigenvalue weighted by atomic mass is 9.95. The number of aliphatic hydroxyl groups is 3. The quantitative estimate of drug-likeness (QED) is 0.0749. The van der Waals surface area contributed by atoms with Crippen LogP contribution in [0.4, 0.5) is 4.79 Å². The van der Waals surface area contributed by atoms with Crippen molar-refractivity contribution in [1.29, 1.82) is 0 Å². The van der Waals surface area contributed by atoms with Crippen LogP contribution < -0.4 is 49.5 Å².